The zero-order chi connectivity index (χ0) is 16.2. The van der Waals surface area contributed by atoms with Gasteiger partial charge in [-0.15, -0.1) is 0 Å². The van der Waals surface area contributed by atoms with Crippen LogP contribution in [0.1, 0.15) is 15.9 Å². The average molecular weight is 346 g/mol. The molecule has 0 fully saturated rings. The van der Waals surface area contributed by atoms with Crippen LogP contribution in [0.3, 0.4) is 0 Å². The summed E-state index contributed by atoms with van der Waals surface area (Å²) < 4.78 is 0. The third-order valence-corrected chi connectivity index (χ3v) is 3.72. The second-order valence-electron chi connectivity index (χ2n) is 5.27. The van der Waals surface area contributed by atoms with Gasteiger partial charge in [0.15, 0.2) is 0 Å². The van der Waals surface area contributed by atoms with Gasteiger partial charge in [-0.2, -0.15) is 0 Å². The Morgan fingerprint density at radius 3 is 2.42 bits per heavy atom. The zero-order valence-corrected chi connectivity index (χ0v) is 16.4. The molecule has 6 heteroatoms. The van der Waals surface area contributed by atoms with Crippen molar-refractivity contribution in [3.8, 4) is 0 Å². The van der Waals surface area contributed by atoms with Crippen LogP contribution in [0.5, 0.6) is 0 Å². The smallest absolute Gasteiger partial charge is 0.548 e. The van der Waals surface area contributed by atoms with E-state index in [1.807, 2.05) is 24.3 Å². The van der Waals surface area contributed by atoms with Crippen LogP contribution in [-0.4, -0.2) is 22.9 Å². The van der Waals surface area contributed by atoms with Crippen LogP contribution in [0.25, 0.3) is 10.9 Å². The molecule has 1 aromatic heterocycles. The third-order valence-electron chi connectivity index (χ3n) is 3.72. The predicted octanol–water partition coefficient (Wildman–Crippen LogP) is -1.74. The van der Waals surface area contributed by atoms with Crippen molar-refractivity contribution in [2.24, 2.45) is 0 Å². The van der Waals surface area contributed by atoms with Crippen LogP contribution in [0.15, 0.2) is 60.8 Å². The number of hydrogen-bond donors (Lipinski definition) is 2. The summed E-state index contributed by atoms with van der Waals surface area (Å²) in [4.78, 5) is 26.6. The van der Waals surface area contributed by atoms with Gasteiger partial charge < -0.3 is 20.2 Å². The van der Waals surface area contributed by atoms with Gasteiger partial charge in [0.2, 0.25) is 0 Å². The molecule has 2 N–H and O–H groups in total. The summed E-state index contributed by atoms with van der Waals surface area (Å²) in [5, 5.41) is 14.9. The quantitative estimate of drug-likeness (QED) is 0.538. The first-order valence-electron chi connectivity index (χ1n) is 7.27. The number of hydrogen-bond acceptors (Lipinski definition) is 3. The number of aromatic nitrogens is 1. The Balaban J connectivity index is 0.00000208. The minimum atomic E-state index is -1.31. The largest absolute Gasteiger partial charge is 1.00 e. The summed E-state index contributed by atoms with van der Waals surface area (Å²) in [6.07, 6.45) is 1.92. The van der Waals surface area contributed by atoms with E-state index in [4.69, 9.17) is 0 Å². The summed E-state index contributed by atoms with van der Waals surface area (Å²) in [7, 11) is 0. The molecule has 1 amide bonds. The number of carboxylic acids is 1. The van der Waals surface area contributed by atoms with Gasteiger partial charge in [-0.25, -0.2) is 0 Å². The maximum atomic E-state index is 12.1. The van der Waals surface area contributed by atoms with Crippen LogP contribution < -0.4 is 61.8 Å². The Morgan fingerprint density at radius 2 is 1.71 bits per heavy atom. The number of aliphatic carboxylic acids is 1. The zero-order valence-electron chi connectivity index (χ0n) is 13.3. The molecule has 3 rings (SSSR count). The van der Waals surface area contributed by atoms with Crippen LogP contribution in [-0.2, 0) is 11.2 Å². The fourth-order valence-electron chi connectivity index (χ4n) is 2.54. The van der Waals surface area contributed by atoms with Crippen LogP contribution in [0.4, 0.5) is 0 Å². The molecule has 0 spiro atoms. The monoisotopic (exact) mass is 346 g/mol. The van der Waals surface area contributed by atoms with Gasteiger partial charge in [0.1, 0.15) is 0 Å². The van der Waals surface area contributed by atoms with Crippen LogP contribution in [0.2, 0.25) is 0 Å². The van der Waals surface area contributed by atoms with E-state index >= 15 is 0 Å². The number of aromatic amines is 1. The van der Waals surface area contributed by atoms with Crippen LogP contribution >= 0.6 is 0 Å². The minimum absolute atomic E-state index is 0. The summed E-state index contributed by atoms with van der Waals surface area (Å²) in [6, 6.07) is 15.0. The second kappa shape index (κ2) is 8.59. The number of nitrogens with one attached hydrogen (secondary N) is 2. The summed E-state index contributed by atoms with van der Waals surface area (Å²) in [5.41, 5.74) is 2.16. The molecule has 0 aliphatic heterocycles. The molecule has 5 nitrogen and oxygen atoms in total. The number of amides is 1. The summed E-state index contributed by atoms with van der Waals surface area (Å²) in [5.74, 6) is -1.74. The van der Waals surface area contributed by atoms with E-state index in [0.29, 0.717) is 5.56 Å². The van der Waals surface area contributed by atoms with Crippen molar-refractivity contribution in [2.75, 3.05) is 0 Å². The molecule has 0 unspecified atom stereocenters. The molecular weight excluding hydrogens is 331 g/mol. The fraction of sp³-hybridized carbons (Fsp3) is 0.111. The van der Waals surface area contributed by atoms with Gasteiger partial charge in [0.05, 0.1) is 12.0 Å². The third kappa shape index (κ3) is 4.34. The van der Waals surface area contributed by atoms with Crippen molar-refractivity contribution in [3.63, 3.8) is 0 Å². The number of para-hydroxylation sites is 1. The number of carbonyl (C=O) groups is 2. The van der Waals surface area contributed by atoms with E-state index in [2.05, 4.69) is 10.3 Å². The molecule has 0 bridgehead atoms. The van der Waals surface area contributed by atoms with E-state index in [1.54, 1.807) is 36.5 Å². The van der Waals surface area contributed by atoms with E-state index in [1.165, 1.54) is 0 Å². The predicted molar refractivity (Wildman–Crippen MR) is 84.7 cm³/mol. The Hall–Kier alpha value is -1.44. The number of benzene rings is 2. The molecule has 116 valence electrons. The van der Waals surface area contributed by atoms with Crippen molar-refractivity contribution in [1.29, 1.82) is 0 Å². The van der Waals surface area contributed by atoms with Gasteiger partial charge in [-0.1, -0.05) is 36.4 Å². The van der Waals surface area contributed by atoms with E-state index in [0.717, 1.165) is 16.5 Å². The van der Waals surface area contributed by atoms with Crippen molar-refractivity contribution in [3.05, 3.63) is 71.9 Å². The first-order chi connectivity index (χ1) is 11.1. The van der Waals surface area contributed by atoms with Gasteiger partial charge in [-0.3, -0.25) is 4.79 Å². The van der Waals surface area contributed by atoms with Gasteiger partial charge >= 0.3 is 51.4 Å². The maximum absolute atomic E-state index is 12.1. The Morgan fingerprint density at radius 1 is 1.04 bits per heavy atom. The van der Waals surface area contributed by atoms with E-state index in [-0.39, 0.29) is 57.8 Å². The Bertz CT molecular complexity index is 846. The SMILES string of the molecule is O=C(N[C@@H](Cc1c[nH]c2ccccc12)C(=O)[O-])c1ccccc1.[K+]. The second-order valence-corrected chi connectivity index (χ2v) is 5.27. The van der Waals surface area contributed by atoms with Crippen molar-refractivity contribution >= 4 is 22.8 Å². The summed E-state index contributed by atoms with van der Waals surface area (Å²) in [6.45, 7) is 0. The first-order valence-corrected chi connectivity index (χ1v) is 7.27. The molecule has 3 aromatic rings. The number of carboxylic acid groups (broad SMARTS) is 1. The Kier molecular flexibility index (Phi) is 6.76. The minimum Gasteiger partial charge on any atom is -0.548 e. The van der Waals surface area contributed by atoms with Crippen LogP contribution in [0, 0.1) is 0 Å². The standard InChI is InChI=1S/C18H16N2O3.K/c21-17(12-6-2-1-3-7-12)20-16(18(22)23)10-13-11-19-15-9-5-4-8-14(13)15;/h1-9,11,16,19H,10H2,(H,20,21)(H,22,23);/q;+1/p-1/t16-;/m0./s1. The molecule has 0 radical (unpaired) electrons. The van der Waals surface area contributed by atoms with E-state index in [9.17, 15) is 14.7 Å². The fourth-order valence-corrected chi connectivity index (χ4v) is 2.54. The molecule has 2 aromatic carbocycles. The molecule has 1 heterocycles. The van der Waals surface area contributed by atoms with Gasteiger partial charge in [0.25, 0.3) is 5.91 Å². The average Bonchev–Trinajstić information content (AvgIpc) is 2.98. The van der Waals surface area contributed by atoms with Gasteiger partial charge in [-0.05, 0) is 23.8 Å². The summed E-state index contributed by atoms with van der Waals surface area (Å²) >= 11 is 0. The molecule has 1 atom stereocenters. The van der Waals surface area contributed by atoms with Gasteiger partial charge in [0, 0.05) is 29.1 Å². The molecule has 0 saturated heterocycles. The number of carbonyl (C=O) groups excluding carboxylic acids is 2. The molecule has 24 heavy (non-hydrogen) atoms. The number of fused-ring (bicyclic) bond motifs is 1. The normalized spacial score (nSPS) is 11.5. The molecule has 0 aliphatic carbocycles. The molecular formula is C18H15KN2O3. The molecule has 0 saturated carbocycles. The van der Waals surface area contributed by atoms with Crippen molar-refractivity contribution in [1.82, 2.24) is 10.3 Å². The Labute approximate surface area is 181 Å². The van der Waals surface area contributed by atoms with E-state index < -0.39 is 17.9 Å². The molecule has 0 aliphatic rings. The number of H-pyrrole nitrogens is 1. The van der Waals surface area contributed by atoms with Crippen molar-refractivity contribution in [2.45, 2.75) is 12.5 Å². The number of rotatable bonds is 5. The van der Waals surface area contributed by atoms with Crippen molar-refractivity contribution < 1.29 is 66.1 Å². The topological polar surface area (TPSA) is 85.0 Å². The first kappa shape index (κ1) is 18.9. The maximum Gasteiger partial charge on any atom is 1.00 e.